The number of alkyl halides is 3. The number of para-hydroxylation sites is 1. The summed E-state index contributed by atoms with van der Waals surface area (Å²) in [5, 5.41) is 5.82. The fraction of sp³-hybridized carbons (Fsp3) is 0.231. The van der Waals surface area contributed by atoms with Gasteiger partial charge in [-0.25, -0.2) is 14.2 Å². The average molecular weight is 531 g/mol. The van der Waals surface area contributed by atoms with Crippen molar-refractivity contribution in [3.63, 3.8) is 0 Å². The minimum Gasteiger partial charge on any atom is -0.410 e. The van der Waals surface area contributed by atoms with E-state index in [0.717, 1.165) is 18.3 Å². The number of carbonyl (C=O) groups excluding carboxylic acids is 2. The van der Waals surface area contributed by atoms with Crippen LogP contribution < -0.4 is 10.1 Å². The van der Waals surface area contributed by atoms with Crippen molar-refractivity contribution in [2.24, 2.45) is 0 Å². The lowest BCUT2D eigenvalue weighted by molar-refractivity contribution is -0.111. The number of H-pyrrole nitrogens is 1. The SMILES string of the molecule is C[C@H]1CN(C(=O)c2cnc(/C(=C\C(=[NH2+])c3ccc(F)cc3)C(F)(F)F)[nH]2)CCN1C(=O)Oc1ccccc1. The van der Waals surface area contributed by atoms with Crippen LogP contribution in [-0.4, -0.2) is 69.3 Å². The van der Waals surface area contributed by atoms with Crippen molar-refractivity contribution in [2.45, 2.75) is 19.1 Å². The van der Waals surface area contributed by atoms with Gasteiger partial charge in [0.15, 0.2) is 0 Å². The van der Waals surface area contributed by atoms with E-state index in [9.17, 15) is 27.2 Å². The zero-order valence-corrected chi connectivity index (χ0v) is 20.2. The number of hydrogen-bond donors (Lipinski definition) is 2. The second-order valence-electron chi connectivity index (χ2n) is 8.64. The molecule has 4 rings (SSSR count). The fourth-order valence-corrected chi connectivity index (χ4v) is 3.96. The largest absolute Gasteiger partial charge is 0.420 e. The maximum absolute atomic E-state index is 13.8. The molecule has 38 heavy (non-hydrogen) atoms. The number of amides is 2. The lowest BCUT2D eigenvalue weighted by Gasteiger charge is -2.38. The predicted molar refractivity (Wildman–Crippen MR) is 130 cm³/mol. The number of ether oxygens (including phenoxy) is 1. The number of benzene rings is 2. The van der Waals surface area contributed by atoms with Gasteiger partial charge in [-0.2, -0.15) is 13.2 Å². The highest BCUT2D eigenvalue weighted by atomic mass is 19.4. The van der Waals surface area contributed by atoms with Gasteiger partial charge in [0.05, 0.1) is 6.20 Å². The number of aromatic amines is 1. The van der Waals surface area contributed by atoms with E-state index in [2.05, 4.69) is 9.97 Å². The number of allylic oxidation sites excluding steroid dienone is 2. The number of rotatable bonds is 5. The van der Waals surface area contributed by atoms with E-state index in [0.29, 0.717) is 11.8 Å². The molecule has 1 fully saturated rings. The van der Waals surface area contributed by atoms with E-state index in [1.54, 1.807) is 37.3 Å². The van der Waals surface area contributed by atoms with E-state index >= 15 is 0 Å². The Morgan fingerprint density at radius 1 is 1.11 bits per heavy atom. The summed E-state index contributed by atoms with van der Waals surface area (Å²) in [6.45, 7) is 2.21. The molecule has 2 heterocycles. The van der Waals surface area contributed by atoms with Gasteiger partial charge in [0.1, 0.15) is 28.7 Å². The summed E-state index contributed by atoms with van der Waals surface area (Å²) in [5.74, 6) is -1.33. The Morgan fingerprint density at radius 2 is 1.79 bits per heavy atom. The smallest absolute Gasteiger partial charge is 0.410 e. The van der Waals surface area contributed by atoms with Gasteiger partial charge in [0.25, 0.3) is 5.91 Å². The zero-order valence-electron chi connectivity index (χ0n) is 20.2. The molecule has 8 nitrogen and oxygen atoms in total. The first-order valence-corrected chi connectivity index (χ1v) is 11.6. The number of aromatic nitrogens is 2. The van der Waals surface area contributed by atoms with Crippen molar-refractivity contribution < 1.29 is 37.3 Å². The highest BCUT2D eigenvalue weighted by Crippen LogP contribution is 2.32. The third kappa shape index (κ3) is 6.07. The molecule has 3 N–H and O–H groups in total. The molecule has 0 bridgehead atoms. The highest BCUT2D eigenvalue weighted by molar-refractivity contribution is 6.08. The molecule has 0 unspecified atom stereocenters. The van der Waals surface area contributed by atoms with Gasteiger partial charge in [0.2, 0.25) is 5.71 Å². The lowest BCUT2D eigenvalue weighted by Crippen LogP contribution is -2.56. The summed E-state index contributed by atoms with van der Waals surface area (Å²) in [6, 6.07) is 12.8. The Morgan fingerprint density at radius 3 is 2.42 bits per heavy atom. The van der Waals surface area contributed by atoms with Gasteiger partial charge in [0, 0.05) is 37.3 Å². The van der Waals surface area contributed by atoms with Crippen molar-refractivity contribution in [2.75, 3.05) is 19.6 Å². The molecule has 1 atom stereocenters. The van der Waals surface area contributed by atoms with Crippen LogP contribution in [0.4, 0.5) is 22.4 Å². The predicted octanol–water partition coefficient (Wildman–Crippen LogP) is 3.09. The Labute approximate surface area is 215 Å². The van der Waals surface area contributed by atoms with E-state index in [1.807, 2.05) is 0 Å². The van der Waals surface area contributed by atoms with Crippen molar-refractivity contribution >= 4 is 23.3 Å². The van der Waals surface area contributed by atoms with Gasteiger partial charge in [-0.05, 0) is 43.3 Å². The van der Waals surface area contributed by atoms with E-state index < -0.39 is 41.4 Å². The Kier molecular flexibility index (Phi) is 7.60. The summed E-state index contributed by atoms with van der Waals surface area (Å²) < 4.78 is 60.0. The molecule has 3 aromatic rings. The van der Waals surface area contributed by atoms with Gasteiger partial charge >= 0.3 is 12.3 Å². The maximum Gasteiger partial charge on any atom is 0.420 e. The number of nitrogens with one attached hydrogen (secondary N) is 1. The molecule has 1 aliphatic heterocycles. The van der Waals surface area contributed by atoms with Gasteiger partial charge in [-0.15, -0.1) is 0 Å². The molecular weight excluding hydrogens is 506 g/mol. The summed E-state index contributed by atoms with van der Waals surface area (Å²) >= 11 is 0. The Hall–Kier alpha value is -4.48. The normalized spacial score (nSPS) is 16.3. The van der Waals surface area contributed by atoms with Crippen LogP contribution >= 0.6 is 0 Å². The molecule has 1 aliphatic rings. The summed E-state index contributed by atoms with van der Waals surface area (Å²) in [7, 11) is 0. The quantitative estimate of drug-likeness (QED) is 0.391. The summed E-state index contributed by atoms with van der Waals surface area (Å²) in [4.78, 5) is 34.7. The molecule has 2 aromatic carbocycles. The third-order valence-corrected chi connectivity index (χ3v) is 5.94. The van der Waals surface area contributed by atoms with Crippen LogP contribution in [0.5, 0.6) is 5.75 Å². The van der Waals surface area contributed by atoms with Crippen LogP contribution in [0.15, 0.2) is 66.9 Å². The molecule has 0 saturated carbocycles. The minimum atomic E-state index is -4.85. The summed E-state index contributed by atoms with van der Waals surface area (Å²) in [6.07, 6.45) is -3.71. The number of carbonyl (C=O) groups is 2. The van der Waals surface area contributed by atoms with Gasteiger partial charge in [-0.1, -0.05) is 18.2 Å². The van der Waals surface area contributed by atoms with Crippen LogP contribution in [0.3, 0.4) is 0 Å². The highest BCUT2D eigenvalue weighted by Gasteiger charge is 2.38. The monoisotopic (exact) mass is 530 g/mol. The van der Waals surface area contributed by atoms with E-state index in [-0.39, 0.29) is 36.6 Å². The maximum atomic E-state index is 13.8. The van der Waals surface area contributed by atoms with Gasteiger partial charge in [-0.3, -0.25) is 10.2 Å². The number of piperazine rings is 1. The number of imidazole rings is 1. The molecule has 198 valence electrons. The number of halogens is 4. The van der Waals surface area contributed by atoms with Crippen molar-refractivity contribution in [3.05, 3.63) is 89.8 Å². The van der Waals surface area contributed by atoms with Crippen LogP contribution in [0.2, 0.25) is 0 Å². The second-order valence-corrected chi connectivity index (χ2v) is 8.64. The second kappa shape index (κ2) is 10.9. The average Bonchev–Trinajstić information content (AvgIpc) is 3.36. The molecule has 0 spiro atoms. The van der Waals surface area contributed by atoms with Crippen LogP contribution in [0.25, 0.3) is 5.57 Å². The summed E-state index contributed by atoms with van der Waals surface area (Å²) in [5.41, 5.74) is -1.41. The number of nitrogens with two attached hydrogens (primary N) is 1. The first-order valence-electron chi connectivity index (χ1n) is 11.6. The van der Waals surface area contributed by atoms with Crippen LogP contribution in [0.1, 0.15) is 28.8 Å². The Bertz CT molecular complexity index is 1350. The molecule has 0 aliphatic carbocycles. The van der Waals surface area contributed by atoms with E-state index in [1.165, 1.54) is 21.9 Å². The molecule has 1 saturated heterocycles. The zero-order chi connectivity index (χ0) is 27.4. The third-order valence-electron chi connectivity index (χ3n) is 5.94. The first kappa shape index (κ1) is 26.6. The molecular formula is C26H24F4N5O3+. The molecule has 2 amide bonds. The molecule has 1 aromatic heterocycles. The first-order chi connectivity index (χ1) is 18.0. The van der Waals surface area contributed by atoms with Crippen LogP contribution in [-0.2, 0) is 0 Å². The van der Waals surface area contributed by atoms with Crippen molar-refractivity contribution in [3.8, 4) is 5.75 Å². The fourth-order valence-electron chi connectivity index (χ4n) is 3.96. The standard InChI is InChI=1S/C26H23F4N5O3/c1-16-15-34(11-12-35(16)25(37)38-19-5-3-2-4-6-19)24(36)22-14-32-23(33-22)20(26(28,29)30)13-21(31)17-7-9-18(27)10-8-17/h2-10,13-14,16,31H,11-12,15H2,1H3,(H,32,33)/p+1/b20-13+,31-21?/t16-/m0/s1. The van der Waals surface area contributed by atoms with Crippen molar-refractivity contribution in [1.29, 1.82) is 0 Å². The topological polar surface area (TPSA) is 104 Å². The van der Waals surface area contributed by atoms with Gasteiger partial charge < -0.3 is 19.5 Å². The van der Waals surface area contributed by atoms with Crippen molar-refractivity contribution in [1.82, 2.24) is 19.8 Å². The number of nitrogens with zero attached hydrogens (tertiary/aromatic N) is 3. The van der Waals surface area contributed by atoms with Crippen LogP contribution in [0, 0.1) is 5.82 Å². The number of hydrogen-bond acceptors (Lipinski definition) is 4. The van der Waals surface area contributed by atoms with E-state index in [4.69, 9.17) is 10.1 Å². The molecule has 12 heteroatoms. The lowest BCUT2D eigenvalue weighted by atomic mass is 10.1. The molecule has 0 radical (unpaired) electrons. The Balaban J connectivity index is 1.46. The minimum absolute atomic E-state index is 0.143.